The molecule has 6 heteroatoms. The summed E-state index contributed by atoms with van der Waals surface area (Å²) in [7, 11) is 0. The number of aliphatic hydroxyl groups is 1. The first kappa shape index (κ1) is 11.1. The van der Waals surface area contributed by atoms with Crippen molar-refractivity contribution in [2.24, 2.45) is 0 Å². The van der Waals surface area contributed by atoms with E-state index in [9.17, 15) is 5.11 Å². The number of aromatic nitrogens is 3. The highest BCUT2D eigenvalue weighted by Crippen LogP contribution is 2.22. The fraction of sp³-hybridized carbons (Fsp3) is 0.0833. The molecular formula is C12H10N4OS. The fourth-order valence-electron chi connectivity index (χ4n) is 1.68. The highest BCUT2D eigenvalue weighted by molar-refractivity contribution is 7.00. The molecule has 0 saturated carbocycles. The number of nitrogens with zero attached hydrogens (tertiary/aromatic N) is 3. The van der Waals surface area contributed by atoms with E-state index < -0.39 is 0 Å². The molecule has 3 rings (SSSR count). The quantitative estimate of drug-likeness (QED) is 0.754. The molecule has 2 heterocycles. The van der Waals surface area contributed by atoms with Gasteiger partial charge in [-0.15, -0.1) is 0 Å². The highest BCUT2D eigenvalue weighted by atomic mass is 32.1. The first-order valence-corrected chi connectivity index (χ1v) is 6.14. The number of hydrogen-bond acceptors (Lipinski definition) is 6. The van der Waals surface area contributed by atoms with Crippen molar-refractivity contribution in [1.82, 2.24) is 13.7 Å². The normalized spacial score (nSPS) is 10.7. The summed E-state index contributed by atoms with van der Waals surface area (Å²) in [6.07, 6.45) is 1.68. The number of anilines is 2. The van der Waals surface area contributed by atoms with Crippen molar-refractivity contribution in [3.05, 3.63) is 42.1 Å². The molecule has 0 bridgehead atoms. The molecule has 2 aromatic heterocycles. The topological polar surface area (TPSA) is 70.9 Å². The van der Waals surface area contributed by atoms with E-state index in [0.29, 0.717) is 5.82 Å². The van der Waals surface area contributed by atoms with Gasteiger partial charge in [-0.1, -0.05) is 6.07 Å². The van der Waals surface area contributed by atoms with Crippen molar-refractivity contribution in [3.63, 3.8) is 0 Å². The van der Waals surface area contributed by atoms with Crippen LogP contribution in [-0.2, 0) is 6.61 Å². The molecule has 0 spiro atoms. The SMILES string of the molecule is OCc1cccnc1Nc1ccc2nsnc2c1. The minimum Gasteiger partial charge on any atom is -0.392 e. The van der Waals surface area contributed by atoms with E-state index in [0.717, 1.165) is 22.3 Å². The fourth-order valence-corrected chi connectivity index (χ4v) is 2.19. The van der Waals surface area contributed by atoms with E-state index in [-0.39, 0.29) is 6.61 Å². The van der Waals surface area contributed by atoms with Gasteiger partial charge in [0, 0.05) is 17.4 Å². The zero-order chi connectivity index (χ0) is 12.4. The smallest absolute Gasteiger partial charge is 0.135 e. The van der Waals surface area contributed by atoms with Gasteiger partial charge in [-0.05, 0) is 24.3 Å². The van der Waals surface area contributed by atoms with E-state index in [1.54, 1.807) is 12.3 Å². The summed E-state index contributed by atoms with van der Waals surface area (Å²) in [6, 6.07) is 9.36. The van der Waals surface area contributed by atoms with E-state index in [1.165, 1.54) is 11.7 Å². The monoisotopic (exact) mass is 258 g/mol. The van der Waals surface area contributed by atoms with Crippen LogP contribution in [0.5, 0.6) is 0 Å². The number of hydrogen-bond donors (Lipinski definition) is 2. The Labute approximate surface area is 107 Å². The first-order valence-electron chi connectivity index (χ1n) is 5.41. The Hall–Kier alpha value is -2.05. The van der Waals surface area contributed by atoms with Crippen LogP contribution < -0.4 is 5.32 Å². The Bertz CT molecular complexity index is 682. The predicted octanol–water partition coefficient (Wildman–Crippen LogP) is 2.32. The molecule has 5 nitrogen and oxygen atoms in total. The summed E-state index contributed by atoms with van der Waals surface area (Å²) in [5.74, 6) is 0.655. The van der Waals surface area contributed by atoms with Crippen molar-refractivity contribution in [2.45, 2.75) is 6.61 Å². The van der Waals surface area contributed by atoms with Crippen LogP contribution in [0.15, 0.2) is 36.5 Å². The maximum Gasteiger partial charge on any atom is 0.135 e. The lowest BCUT2D eigenvalue weighted by Crippen LogP contribution is -1.98. The third-order valence-corrected chi connectivity index (χ3v) is 3.13. The number of pyridine rings is 1. The minimum atomic E-state index is -0.0450. The number of rotatable bonds is 3. The van der Waals surface area contributed by atoms with Crippen molar-refractivity contribution in [3.8, 4) is 0 Å². The molecule has 0 aliphatic carbocycles. The second kappa shape index (κ2) is 4.67. The largest absolute Gasteiger partial charge is 0.392 e. The van der Waals surface area contributed by atoms with Gasteiger partial charge >= 0.3 is 0 Å². The Kier molecular flexibility index (Phi) is 2.87. The van der Waals surface area contributed by atoms with Gasteiger partial charge in [0.25, 0.3) is 0 Å². The van der Waals surface area contributed by atoms with Gasteiger partial charge in [-0.3, -0.25) is 0 Å². The number of aliphatic hydroxyl groups excluding tert-OH is 1. The number of benzene rings is 1. The van der Waals surface area contributed by atoms with Gasteiger partial charge in [0.15, 0.2) is 0 Å². The maximum atomic E-state index is 9.23. The summed E-state index contributed by atoms with van der Waals surface area (Å²) in [5, 5.41) is 12.4. The summed E-state index contributed by atoms with van der Waals surface area (Å²) in [5.41, 5.74) is 3.37. The summed E-state index contributed by atoms with van der Waals surface area (Å²) >= 11 is 1.19. The molecule has 0 atom stereocenters. The van der Waals surface area contributed by atoms with Gasteiger partial charge in [-0.25, -0.2) is 4.98 Å². The van der Waals surface area contributed by atoms with Gasteiger partial charge in [0.05, 0.1) is 18.3 Å². The van der Waals surface area contributed by atoms with Crippen LogP contribution >= 0.6 is 11.7 Å². The molecule has 0 radical (unpaired) electrons. The average molecular weight is 258 g/mol. The van der Waals surface area contributed by atoms with Gasteiger partial charge in [0.2, 0.25) is 0 Å². The van der Waals surface area contributed by atoms with E-state index in [1.807, 2.05) is 24.3 Å². The van der Waals surface area contributed by atoms with Crippen LogP contribution in [0, 0.1) is 0 Å². The third kappa shape index (κ3) is 2.03. The Morgan fingerprint density at radius 3 is 2.94 bits per heavy atom. The van der Waals surface area contributed by atoms with Crippen LogP contribution in [0.4, 0.5) is 11.5 Å². The summed E-state index contributed by atoms with van der Waals surface area (Å²) < 4.78 is 8.33. The van der Waals surface area contributed by atoms with Crippen molar-refractivity contribution in [1.29, 1.82) is 0 Å². The first-order chi connectivity index (χ1) is 8.86. The van der Waals surface area contributed by atoms with E-state index in [4.69, 9.17) is 0 Å². The molecule has 0 fully saturated rings. The van der Waals surface area contributed by atoms with E-state index in [2.05, 4.69) is 19.0 Å². The van der Waals surface area contributed by atoms with Crippen LogP contribution in [0.1, 0.15) is 5.56 Å². The van der Waals surface area contributed by atoms with Crippen LogP contribution in [0.2, 0.25) is 0 Å². The zero-order valence-electron chi connectivity index (χ0n) is 9.37. The van der Waals surface area contributed by atoms with Crippen molar-refractivity contribution in [2.75, 3.05) is 5.32 Å². The predicted molar refractivity (Wildman–Crippen MR) is 70.9 cm³/mol. The molecule has 0 unspecified atom stereocenters. The Balaban J connectivity index is 1.95. The highest BCUT2D eigenvalue weighted by Gasteiger charge is 2.04. The lowest BCUT2D eigenvalue weighted by Gasteiger charge is -2.08. The number of nitrogens with one attached hydrogen (secondary N) is 1. The Morgan fingerprint density at radius 2 is 2.06 bits per heavy atom. The van der Waals surface area contributed by atoms with Gasteiger partial charge in [-0.2, -0.15) is 8.75 Å². The molecular weight excluding hydrogens is 248 g/mol. The Morgan fingerprint density at radius 1 is 1.17 bits per heavy atom. The summed E-state index contributed by atoms with van der Waals surface area (Å²) in [6.45, 7) is -0.0450. The summed E-state index contributed by atoms with van der Waals surface area (Å²) in [4.78, 5) is 4.21. The van der Waals surface area contributed by atoms with Crippen LogP contribution in [-0.4, -0.2) is 18.8 Å². The lowest BCUT2D eigenvalue weighted by molar-refractivity contribution is 0.282. The molecule has 0 aliphatic rings. The van der Waals surface area contributed by atoms with Crippen molar-refractivity contribution < 1.29 is 5.11 Å². The molecule has 0 amide bonds. The molecule has 3 aromatic rings. The van der Waals surface area contributed by atoms with E-state index >= 15 is 0 Å². The van der Waals surface area contributed by atoms with Gasteiger partial charge in [0.1, 0.15) is 16.9 Å². The second-order valence-corrected chi connectivity index (χ2v) is 4.29. The molecule has 2 N–H and O–H groups in total. The average Bonchev–Trinajstić information content (AvgIpc) is 2.87. The van der Waals surface area contributed by atoms with Crippen LogP contribution in [0.3, 0.4) is 0 Å². The zero-order valence-corrected chi connectivity index (χ0v) is 10.2. The maximum absolute atomic E-state index is 9.23. The second-order valence-electron chi connectivity index (χ2n) is 3.76. The number of fused-ring (bicyclic) bond motifs is 1. The van der Waals surface area contributed by atoms with Crippen molar-refractivity contribution >= 4 is 34.3 Å². The standard InChI is InChI=1S/C12H10N4OS/c17-7-8-2-1-5-13-12(8)14-9-3-4-10-11(6-9)16-18-15-10/h1-6,17H,7H2,(H,13,14). The third-order valence-electron chi connectivity index (χ3n) is 2.58. The van der Waals surface area contributed by atoms with Crippen LogP contribution in [0.25, 0.3) is 11.0 Å². The minimum absolute atomic E-state index is 0.0450. The lowest BCUT2D eigenvalue weighted by atomic mass is 10.2. The van der Waals surface area contributed by atoms with Gasteiger partial charge < -0.3 is 10.4 Å². The molecule has 0 aliphatic heterocycles. The molecule has 0 saturated heterocycles. The molecule has 90 valence electrons. The molecule has 1 aromatic carbocycles. The molecule has 18 heavy (non-hydrogen) atoms.